The van der Waals surface area contributed by atoms with Crippen LogP contribution >= 0.6 is 11.6 Å². The van der Waals surface area contributed by atoms with Crippen LogP contribution in [-0.2, 0) is 16.1 Å². The summed E-state index contributed by atoms with van der Waals surface area (Å²) in [5.74, 6) is -0.140. The number of halogens is 1. The first-order valence-electron chi connectivity index (χ1n) is 8.02. The molecule has 124 valence electrons. The Bertz CT molecular complexity index is 733. The number of amides is 2. The summed E-state index contributed by atoms with van der Waals surface area (Å²) in [7, 11) is 0. The second-order valence-electron chi connectivity index (χ2n) is 5.92. The van der Waals surface area contributed by atoms with Crippen molar-refractivity contribution >= 4 is 23.4 Å². The number of nitrogens with one attached hydrogen (secondary N) is 2. The lowest BCUT2D eigenvalue weighted by Crippen LogP contribution is -2.42. The molecule has 1 saturated heterocycles. The number of rotatable bonds is 4. The van der Waals surface area contributed by atoms with Crippen molar-refractivity contribution in [3.63, 3.8) is 0 Å². The Labute approximate surface area is 146 Å². The van der Waals surface area contributed by atoms with Crippen LogP contribution in [0.2, 0.25) is 5.02 Å². The van der Waals surface area contributed by atoms with Gasteiger partial charge >= 0.3 is 0 Å². The lowest BCUT2D eigenvalue weighted by molar-refractivity contribution is -0.129. The van der Waals surface area contributed by atoms with Crippen molar-refractivity contribution in [3.05, 3.63) is 59.1 Å². The summed E-state index contributed by atoms with van der Waals surface area (Å²) in [6.07, 6.45) is 1.02. The molecule has 1 atom stereocenters. The third kappa shape index (κ3) is 3.95. The van der Waals surface area contributed by atoms with Crippen molar-refractivity contribution < 1.29 is 9.59 Å². The molecule has 3 rings (SSSR count). The highest BCUT2D eigenvalue weighted by atomic mass is 35.5. The van der Waals surface area contributed by atoms with E-state index in [0.717, 1.165) is 16.7 Å². The van der Waals surface area contributed by atoms with Crippen LogP contribution in [0.3, 0.4) is 0 Å². The maximum atomic E-state index is 12.3. The van der Waals surface area contributed by atoms with Crippen molar-refractivity contribution in [2.45, 2.75) is 19.4 Å². The van der Waals surface area contributed by atoms with Gasteiger partial charge in [0.25, 0.3) is 0 Å². The van der Waals surface area contributed by atoms with E-state index in [-0.39, 0.29) is 17.7 Å². The molecule has 0 saturated carbocycles. The van der Waals surface area contributed by atoms with Crippen LogP contribution in [0.1, 0.15) is 18.4 Å². The molecule has 2 aromatic rings. The van der Waals surface area contributed by atoms with Gasteiger partial charge in [-0.1, -0.05) is 48.0 Å². The molecule has 2 amide bonds. The van der Waals surface area contributed by atoms with Gasteiger partial charge in [0.05, 0.1) is 5.92 Å². The summed E-state index contributed by atoms with van der Waals surface area (Å²) in [5.41, 5.74) is 3.19. The van der Waals surface area contributed by atoms with Crippen molar-refractivity contribution in [1.82, 2.24) is 10.6 Å². The minimum atomic E-state index is -0.148. The highest BCUT2D eigenvalue weighted by molar-refractivity contribution is 6.30. The van der Waals surface area contributed by atoms with Crippen LogP contribution in [-0.4, -0.2) is 18.4 Å². The highest BCUT2D eigenvalue weighted by Crippen LogP contribution is 2.25. The molecule has 24 heavy (non-hydrogen) atoms. The van der Waals surface area contributed by atoms with Gasteiger partial charge in [0.2, 0.25) is 11.8 Å². The molecule has 1 heterocycles. The lowest BCUT2D eigenvalue weighted by atomic mass is 9.97. The second-order valence-corrected chi connectivity index (χ2v) is 6.36. The topological polar surface area (TPSA) is 58.2 Å². The summed E-state index contributed by atoms with van der Waals surface area (Å²) in [5, 5.41) is 6.43. The molecule has 1 unspecified atom stereocenters. The Hall–Kier alpha value is -2.33. The van der Waals surface area contributed by atoms with Crippen LogP contribution in [0.25, 0.3) is 11.1 Å². The molecule has 0 bridgehead atoms. The molecule has 1 aliphatic heterocycles. The molecule has 1 fully saturated rings. The van der Waals surface area contributed by atoms with Gasteiger partial charge in [0, 0.05) is 24.5 Å². The van der Waals surface area contributed by atoms with E-state index in [1.807, 2.05) is 48.5 Å². The normalized spacial score (nSPS) is 17.2. The average molecular weight is 343 g/mol. The molecule has 0 radical (unpaired) electrons. The van der Waals surface area contributed by atoms with Crippen LogP contribution < -0.4 is 10.6 Å². The standard InChI is InChI=1S/C19H19ClN2O2/c20-16-8-5-13(6-9-16)17-4-2-1-3-14(17)11-22-19(24)15-7-10-18(23)21-12-15/h1-6,8-9,15H,7,10-12H2,(H,21,23)(H,22,24). The summed E-state index contributed by atoms with van der Waals surface area (Å²) in [4.78, 5) is 23.5. The number of carbonyl (C=O) groups is 2. The highest BCUT2D eigenvalue weighted by Gasteiger charge is 2.24. The Morgan fingerprint density at radius 1 is 1.17 bits per heavy atom. The Kier molecular flexibility index (Phi) is 5.16. The zero-order chi connectivity index (χ0) is 16.9. The molecule has 2 N–H and O–H groups in total. The monoisotopic (exact) mass is 342 g/mol. The minimum absolute atomic E-state index is 0.0130. The maximum absolute atomic E-state index is 12.3. The van der Waals surface area contributed by atoms with E-state index in [9.17, 15) is 9.59 Å². The molecule has 0 aliphatic carbocycles. The first-order valence-corrected chi connectivity index (χ1v) is 8.39. The third-order valence-electron chi connectivity index (χ3n) is 4.26. The van der Waals surface area contributed by atoms with Gasteiger partial charge < -0.3 is 10.6 Å². The Morgan fingerprint density at radius 3 is 2.62 bits per heavy atom. The molecule has 5 heteroatoms. The fourth-order valence-electron chi connectivity index (χ4n) is 2.87. The van der Waals surface area contributed by atoms with Gasteiger partial charge in [-0.3, -0.25) is 9.59 Å². The van der Waals surface area contributed by atoms with Gasteiger partial charge in [-0.15, -0.1) is 0 Å². The van der Waals surface area contributed by atoms with E-state index in [2.05, 4.69) is 10.6 Å². The summed E-state index contributed by atoms with van der Waals surface area (Å²) < 4.78 is 0. The van der Waals surface area contributed by atoms with E-state index in [0.29, 0.717) is 31.0 Å². The SMILES string of the molecule is O=C1CCC(C(=O)NCc2ccccc2-c2ccc(Cl)cc2)CN1. The third-order valence-corrected chi connectivity index (χ3v) is 4.51. The Balaban J connectivity index is 1.68. The molecule has 4 nitrogen and oxygen atoms in total. The zero-order valence-corrected chi connectivity index (χ0v) is 14.0. The first kappa shape index (κ1) is 16.5. The number of carbonyl (C=O) groups excluding carboxylic acids is 2. The molecular weight excluding hydrogens is 324 g/mol. The van der Waals surface area contributed by atoms with Crippen LogP contribution in [0.5, 0.6) is 0 Å². The van der Waals surface area contributed by atoms with E-state index >= 15 is 0 Å². The predicted octanol–water partition coefficient (Wildman–Crippen LogP) is 3.15. The molecule has 2 aromatic carbocycles. The van der Waals surface area contributed by atoms with E-state index in [4.69, 9.17) is 11.6 Å². The number of piperidine rings is 1. The molecule has 0 aromatic heterocycles. The number of benzene rings is 2. The van der Waals surface area contributed by atoms with E-state index < -0.39 is 0 Å². The quantitative estimate of drug-likeness (QED) is 0.896. The lowest BCUT2D eigenvalue weighted by Gasteiger charge is -2.22. The van der Waals surface area contributed by atoms with Gasteiger partial charge in [0.15, 0.2) is 0 Å². The zero-order valence-electron chi connectivity index (χ0n) is 13.2. The van der Waals surface area contributed by atoms with Crippen LogP contribution in [0, 0.1) is 5.92 Å². The fraction of sp³-hybridized carbons (Fsp3) is 0.263. The van der Waals surface area contributed by atoms with Gasteiger partial charge in [-0.05, 0) is 35.2 Å². The number of hydrogen-bond donors (Lipinski definition) is 2. The van der Waals surface area contributed by atoms with Crippen molar-refractivity contribution in [2.75, 3.05) is 6.54 Å². The molecule has 0 spiro atoms. The average Bonchev–Trinajstić information content (AvgIpc) is 2.61. The van der Waals surface area contributed by atoms with E-state index in [1.165, 1.54) is 0 Å². The Morgan fingerprint density at radius 2 is 1.92 bits per heavy atom. The first-order chi connectivity index (χ1) is 11.6. The van der Waals surface area contributed by atoms with Gasteiger partial charge in [-0.2, -0.15) is 0 Å². The fourth-order valence-corrected chi connectivity index (χ4v) is 2.99. The summed E-state index contributed by atoms with van der Waals surface area (Å²) >= 11 is 5.95. The molecule has 1 aliphatic rings. The minimum Gasteiger partial charge on any atom is -0.355 e. The van der Waals surface area contributed by atoms with Crippen molar-refractivity contribution in [2.24, 2.45) is 5.92 Å². The van der Waals surface area contributed by atoms with Gasteiger partial charge in [-0.25, -0.2) is 0 Å². The largest absolute Gasteiger partial charge is 0.355 e. The van der Waals surface area contributed by atoms with Gasteiger partial charge in [0.1, 0.15) is 0 Å². The van der Waals surface area contributed by atoms with Crippen molar-refractivity contribution in [1.29, 1.82) is 0 Å². The predicted molar refractivity (Wildman–Crippen MR) is 94.5 cm³/mol. The van der Waals surface area contributed by atoms with Crippen LogP contribution in [0.4, 0.5) is 0 Å². The van der Waals surface area contributed by atoms with E-state index in [1.54, 1.807) is 0 Å². The number of hydrogen-bond acceptors (Lipinski definition) is 2. The molecular formula is C19H19ClN2O2. The van der Waals surface area contributed by atoms with Crippen LogP contribution in [0.15, 0.2) is 48.5 Å². The summed E-state index contributed by atoms with van der Waals surface area (Å²) in [6, 6.07) is 15.6. The second kappa shape index (κ2) is 7.49. The maximum Gasteiger partial charge on any atom is 0.225 e. The smallest absolute Gasteiger partial charge is 0.225 e. The summed E-state index contributed by atoms with van der Waals surface area (Å²) in [6.45, 7) is 0.881. The van der Waals surface area contributed by atoms with Crippen molar-refractivity contribution in [3.8, 4) is 11.1 Å².